The Kier molecular flexibility index (Phi) is 9.67. The van der Waals surface area contributed by atoms with Crippen molar-refractivity contribution in [3.63, 3.8) is 0 Å². The topological polar surface area (TPSA) is 0 Å². The molecule has 2 aliphatic carbocycles. The van der Waals surface area contributed by atoms with Gasteiger partial charge in [-0.3, -0.25) is 0 Å². The van der Waals surface area contributed by atoms with Crippen molar-refractivity contribution in [2.75, 3.05) is 0 Å². The van der Waals surface area contributed by atoms with Crippen molar-refractivity contribution in [1.29, 1.82) is 0 Å². The molecule has 4 heteroatoms. The van der Waals surface area contributed by atoms with E-state index >= 15 is 0 Å². The van der Waals surface area contributed by atoms with Gasteiger partial charge in [0, 0.05) is 23.0 Å². The molecule has 0 aliphatic heterocycles. The third kappa shape index (κ3) is 7.26. The maximum absolute atomic E-state index is 2.47. The summed E-state index contributed by atoms with van der Waals surface area (Å²) in [5.74, 6) is 1.40. The molecule has 1 aromatic rings. The van der Waals surface area contributed by atoms with Crippen LogP contribution in [0.3, 0.4) is 0 Å². The molecular formula is C21H29FePSi2. The fourth-order valence-corrected chi connectivity index (χ4v) is 8.60. The van der Waals surface area contributed by atoms with Crippen molar-refractivity contribution >= 4 is 34.2 Å². The first-order valence-electron chi connectivity index (χ1n) is 8.60. The summed E-state index contributed by atoms with van der Waals surface area (Å²) in [6.07, 6.45) is 18.8. The second kappa shape index (κ2) is 10.2. The van der Waals surface area contributed by atoms with Gasteiger partial charge in [0.05, 0.1) is 16.1 Å². The molecule has 0 atom stereocenters. The Hall–Kier alpha value is 0.603. The van der Waals surface area contributed by atoms with E-state index in [0.717, 1.165) is 0 Å². The molecule has 0 bridgehead atoms. The molecule has 2 aliphatic rings. The van der Waals surface area contributed by atoms with E-state index in [4.69, 9.17) is 0 Å². The predicted molar refractivity (Wildman–Crippen MR) is 116 cm³/mol. The summed E-state index contributed by atoms with van der Waals surface area (Å²) >= 11 is 0. The first-order chi connectivity index (χ1) is 11.2. The molecule has 1 heterocycles. The van der Waals surface area contributed by atoms with E-state index in [-0.39, 0.29) is 17.1 Å². The Labute approximate surface area is 171 Å². The second-order valence-corrected chi connectivity index (χ2v) is 20.3. The van der Waals surface area contributed by atoms with Gasteiger partial charge in [-0.05, 0) is 73.2 Å². The Morgan fingerprint density at radius 3 is 1.52 bits per heavy atom. The fraction of sp³-hybridized carbons (Fsp3) is 0.286. The van der Waals surface area contributed by atoms with Gasteiger partial charge >= 0.3 is 0 Å². The van der Waals surface area contributed by atoms with Crippen LogP contribution in [-0.4, -0.2) is 16.1 Å². The average Bonchev–Trinajstić information content (AvgIpc) is 3.21. The van der Waals surface area contributed by atoms with Crippen molar-refractivity contribution in [2.45, 2.75) is 39.3 Å². The largest absolute Gasteiger partial charge is 0.0838 e. The SMILES string of the molecule is C[Si](C)(C)c1ccc([C]2[CH][CH][CH][CH]2)c([Si](C)(C)C)p1.[CH]1[CH][CH][CH][CH]1.[Fe]. The molecule has 25 heavy (non-hydrogen) atoms. The van der Waals surface area contributed by atoms with E-state index in [9.17, 15) is 0 Å². The minimum atomic E-state index is -1.28. The molecule has 134 valence electrons. The van der Waals surface area contributed by atoms with Crippen molar-refractivity contribution in [2.24, 2.45) is 0 Å². The second-order valence-electron chi connectivity index (χ2n) is 8.23. The van der Waals surface area contributed by atoms with Crippen LogP contribution in [0.1, 0.15) is 5.56 Å². The first-order valence-corrected chi connectivity index (χ1v) is 16.5. The zero-order chi connectivity index (χ0) is 17.8. The minimum Gasteiger partial charge on any atom is -0.0782 e. The number of rotatable bonds is 3. The Balaban J connectivity index is 0.000000448. The Bertz CT molecular complexity index is 514. The monoisotopic (exact) mass is 424 g/mol. The summed E-state index contributed by atoms with van der Waals surface area (Å²) in [5, 5.41) is 0. The molecule has 0 nitrogen and oxygen atoms in total. The summed E-state index contributed by atoms with van der Waals surface area (Å²) in [5.41, 5.74) is 1.49. The van der Waals surface area contributed by atoms with Crippen LogP contribution in [-0.2, 0) is 17.1 Å². The van der Waals surface area contributed by atoms with E-state index in [1.165, 1.54) is 19.7 Å². The van der Waals surface area contributed by atoms with Crippen LogP contribution in [0.2, 0.25) is 39.3 Å². The number of hydrogen-bond donors (Lipinski definition) is 0. The Morgan fingerprint density at radius 1 is 0.640 bits per heavy atom. The molecule has 0 spiro atoms. The predicted octanol–water partition coefficient (Wildman–Crippen LogP) is 5.13. The molecular weight excluding hydrogens is 395 g/mol. The summed E-state index contributed by atoms with van der Waals surface area (Å²) < 4.78 is 0. The van der Waals surface area contributed by atoms with Crippen LogP contribution >= 0.6 is 8.19 Å². The molecule has 1 aromatic heterocycles. The van der Waals surface area contributed by atoms with Crippen molar-refractivity contribution in [1.82, 2.24) is 0 Å². The maximum Gasteiger partial charge on any atom is 0.0838 e. The molecule has 10 radical (unpaired) electrons. The fourth-order valence-electron chi connectivity index (χ4n) is 2.56. The van der Waals surface area contributed by atoms with E-state index in [0.29, 0.717) is 0 Å². The normalized spacial score (nSPS) is 18.8. The molecule has 0 aromatic carbocycles. The van der Waals surface area contributed by atoms with Crippen LogP contribution < -0.4 is 9.84 Å². The van der Waals surface area contributed by atoms with Crippen molar-refractivity contribution < 1.29 is 17.1 Å². The standard InChI is InChI=1S/C16H24PSi2.C5H5.Fe/c1-18(2,3)15-12-11-14(13-9-7-8-10-13)16(17-15)19(4,5)6;1-2-4-5-3-1;/h7-12H,1-6H3;1-5H;. The van der Waals surface area contributed by atoms with Crippen LogP contribution in [0.4, 0.5) is 0 Å². The van der Waals surface area contributed by atoms with Gasteiger partial charge in [-0.15, -0.1) is 0 Å². The van der Waals surface area contributed by atoms with Crippen molar-refractivity contribution in [3.8, 4) is 0 Å². The van der Waals surface area contributed by atoms with Crippen LogP contribution in [0, 0.1) is 63.7 Å². The maximum atomic E-state index is 2.47. The quantitative estimate of drug-likeness (QED) is 0.591. The molecule has 0 saturated heterocycles. The van der Waals surface area contributed by atoms with E-state index < -0.39 is 16.1 Å². The summed E-state index contributed by atoms with van der Waals surface area (Å²) in [7, 11) is -0.953. The average molecular weight is 424 g/mol. The van der Waals surface area contributed by atoms with Gasteiger partial charge in [0.15, 0.2) is 0 Å². The van der Waals surface area contributed by atoms with E-state index in [1.807, 2.05) is 32.1 Å². The first kappa shape index (κ1) is 23.6. The molecule has 0 unspecified atom stereocenters. The smallest absolute Gasteiger partial charge is 0.0782 e. The van der Waals surface area contributed by atoms with Gasteiger partial charge in [0.2, 0.25) is 0 Å². The van der Waals surface area contributed by atoms with Gasteiger partial charge in [0.1, 0.15) is 0 Å². The summed E-state index contributed by atoms with van der Waals surface area (Å²) in [6.45, 7) is 14.8. The van der Waals surface area contributed by atoms with Gasteiger partial charge in [-0.1, -0.05) is 59.6 Å². The minimum absolute atomic E-state index is 0. The summed E-state index contributed by atoms with van der Waals surface area (Å²) in [6, 6.07) is 4.78. The molecule has 0 N–H and O–H groups in total. The molecule has 3 rings (SSSR count). The zero-order valence-electron chi connectivity index (χ0n) is 16.2. The third-order valence-corrected chi connectivity index (χ3v) is 12.8. The van der Waals surface area contributed by atoms with Crippen LogP contribution in [0.15, 0.2) is 12.1 Å². The van der Waals surface area contributed by atoms with Gasteiger partial charge < -0.3 is 0 Å². The van der Waals surface area contributed by atoms with Crippen LogP contribution in [0.25, 0.3) is 0 Å². The van der Waals surface area contributed by atoms with Gasteiger partial charge in [0.25, 0.3) is 0 Å². The van der Waals surface area contributed by atoms with E-state index in [1.54, 1.807) is 9.84 Å². The zero-order valence-corrected chi connectivity index (χ0v) is 20.2. The molecule has 2 saturated carbocycles. The number of hydrogen-bond acceptors (Lipinski definition) is 0. The van der Waals surface area contributed by atoms with Crippen LogP contribution in [0.5, 0.6) is 0 Å². The van der Waals surface area contributed by atoms with Crippen molar-refractivity contribution in [3.05, 3.63) is 81.4 Å². The third-order valence-electron chi connectivity index (χ3n) is 3.90. The Morgan fingerprint density at radius 2 is 1.12 bits per heavy atom. The van der Waals surface area contributed by atoms with E-state index in [2.05, 4.69) is 77.1 Å². The summed E-state index contributed by atoms with van der Waals surface area (Å²) in [4.78, 5) is 3.39. The molecule has 2 fully saturated rings. The van der Waals surface area contributed by atoms with Gasteiger partial charge in [-0.25, -0.2) is 0 Å². The molecule has 0 amide bonds. The van der Waals surface area contributed by atoms with Gasteiger partial charge in [-0.2, -0.15) is 0 Å².